The highest BCUT2D eigenvalue weighted by atomic mass is 32.2. The molecule has 0 aliphatic heterocycles. The van der Waals surface area contributed by atoms with E-state index in [1.165, 1.54) is 18.7 Å². The van der Waals surface area contributed by atoms with Gasteiger partial charge in [0.2, 0.25) is 17.6 Å². The van der Waals surface area contributed by atoms with Crippen LogP contribution in [0.15, 0.2) is 82.7 Å². The van der Waals surface area contributed by atoms with Crippen LogP contribution in [0.5, 0.6) is 0 Å². The smallest absolute Gasteiger partial charge is 0.267 e. The van der Waals surface area contributed by atoms with Crippen LogP contribution in [0.4, 0.5) is 11.4 Å². The van der Waals surface area contributed by atoms with Crippen LogP contribution in [0.1, 0.15) is 12.5 Å². The Balaban J connectivity index is 1.48. The quantitative estimate of drug-likeness (QED) is 0.342. The summed E-state index contributed by atoms with van der Waals surface area (Å²) in [6, 6.07) is 21.8. The first-order valence-corrected chi connectivity index (χ1v) is 12.2. The zero-order valence-corrected chi connectivity index (χ0v) is 20.4. The second-order valence-electron chi connectivity index (χ2n) is 8.16. The first kappa shape index (κ1) is 23.3. The predicted molar refractivity (Wildman–Crippen MR) is 141 cm³/mol. The summed E-state index contributed by atoms with van der Waals surface area (Å²) >= 11 is 1.22. The van der Waals surface area contributed by atoms with Crippen molar-refractivity contribution >= 4 is 51.6 Å². The lowest BCUT2D eigenvalue weighted by molar-refractivity contribution is -0.114. The van der Waals surface area contributed by atoms with E-state index in [1.807, 2.05) is 49.4 Å². The first-order chi connectivity index (χ1) is 17.4. The molecule has 3 aromatic carbocycles. The molecule has 0 radical (unpaired) electrons. The molecule has 0 saturated carbocycles. The van der Waals surface area contributed by atoms with E-state index in [1.54, 1.807) is 39.3 Å². The third-order valence-electron chi connectivity index (χ3n) is 5.55. The van der Waals surface area contributed by atoms with Crippen molar-refractivity contribution in [3.05, 3.63) is 88.7 Å². The van der Waals surface area contributed by atoms with Crippen LogP contribution in [0.25, 0.3) is 22.4 Å². The van der Waals surface area contributed by atoms with Gasteiger partial charge in [-0.1, -0.05) is 48.2 Å². The lowest BCUT2D eigenvalue weighted by Crippen LogP contribution is -2.22. The fourth-order valence-corrected chi connectivity index (χ4v) is 4.75. The Morgan fingerprint density at radius 1 is 0.917 bits per heavy atom. The summed E-state index contributed by atoms with van der Waals surface area (Å²) in [5.41, 5.74) is 3.29. The van der Waals surface area contributed by atoms with E-state index in [9.17, 15) is 14.4 Å². The molecule has 0 saturated heterocycles. The number of rotatable bonds is 6. The zero-order chi connectivity index (χ0) is 25.2. The summed E-state index contributed by atoms with van der Waals surface area (Å²) in [4.78, 5) is 37.4. The molecular weight excluding hydrogens is 476 g/mol. The van der Waals surface area contributed by atoms with Gasteiger partial charge in [0, 0.05) is 18.3 Å². The van der Waals surface area contributed by atoms with Gasteiger partial charge in [0.15, 0.2) is 5.16 Å². The molecular formula is C26H22N6O3S. The van der Waals surface area contributed by atoms with Crippen LogP contribution in [0.2, 0.25) is 0 Å². The number of hydrogen-bond acceptors (Lipinski definition) is 6. The summed E-state index contributed by atoms with van der Waals surface area (Å²) in [5.74, 6) is 0.0134. The van der Waals surface area contributed by atoms with Crippen molar-refractivity contribution in [3.63, 3.8) is 0 Å². The van der Waals surface area contributed by atoms with Gasteiger partial charge < -0.3 is 10.6 Å². The molecule has 5 rings (SSSR count). The normalized spacial score (nSPS) is 11.1. The van der Waals surface area contributed by atoms with Crippen molar-refractivity contribution in [3.8, 4) is 5.69 Å². The van der Waals surface area contributed by atoms with Gasteiger partial charge >= 0.3 is 0 Å². The van der Waals surface area contributed by atoms with E-state index in [0.29, 0.717) is 33.2 Å². The Morgan fingerprint density at radius 2 is 1.64 bits per heavy atom. The van der Waals surface area contributed by atoms with Crippen molar-refractivity contribution < 1.29 is 9.59 Å². The maximum atomic E-state index is 13.5. The van der Waals surface area contributed by atoms with Crippen molar-refractivity contribution in [2.45, 2.75) is 19.0 Å². The average Bonchev–Trinajstić information content (AvgIpc) is 3.28. The van der Waals surface area contributed by atoms with Crippen LogP contribution >= 0.6 is 11.8 Å². The Morgan fingerprint density at radius 3 is 2.42 bits per heavy atom. The van der Waals surface area contributed by atoms with Gasteiger partial charge in [-0.3, -0.25) is 18.8 Å². The molecule has 2 aromatic heterocycles. The fourth-order valence-electron chi connectivity index (χ4n) is 4.01. The van der Waals surface area contributed by atoms with Crippen LogP contribution in [-0.4, -0.2) is 36.7 Å². The number of carbonyl (C=O) groups excluding carboxylic acids is 2. The van der Waals surface area contributed by atoms with Gasteiger partial charge in [-0.15, -0.1) is 10.2 Å². The average molecular weight is 499 g/mol. The third kappa shape index (κ3) is 4.46. The monoisotopic (exact) mass is 498 g/mol. The number of aromatic nitrogens is 4. The lowest BCUT2D eigenvalue weighted by atomic mass is 10.2. The van der Waals surface area contributed by atoms with Gasteiger partial charge in [-0.25, -0.2) is 4.57 Å². The lowest BCUT2D eigenvalue weighted by Gasteiger charge is -2.13. The van der Waals surface area contributed by atoms with E-state index in [-0.39, 0.29) is 23.1 Å². The van der Waals surface area contributed by atoms with E-state index >= 15 is 0 Å². The standard InChI is InChI=1S/C26H22N6O3S/c1-16-8-3-5-12-21(16)31-24(35)20-11-4-6-13-22(20)32-25(31)29-30-26(32)36-15-23(34)28-19-10-7-9-18(14-19)27-17(2)33/h3-14H,15H2,1-2H3,(H,27,33)(H,28,34). The SMILES string of the molecule is CC(=O)Nc1cccc(NC(=O)CSc2nnc3n(-c4ccccc4C)c(=O)c4ccccc4n23)c1. The van der Waals surface area contributed by atoms with Gasteiger partial charge in [0.05, 0.1) is 22.3 Å². The van der Waals surface area contributed by atoms with E-state index in [4.69, 9.17) is 0 Å². The highest BCUT2D eigenvalue weighted by Crippen LogP contribution is 2.24. The topological polar surface area (TPSA) is 110 Å². The van der Waals surface area contributed by atoms with Crippen LogP contribution in [0, 0.1) is 6.92 Å². The fraction of sp³-hybridized carbons (Fsp3) is 0.115. The van der Waals surface area contributed by atoms with E-state index in [0.717, 1.165) is 11.3 Å². The molecule has 2 amide bonds. The molecule has 9 nitrogen and oxygen atoms in total. The number of thioether (sulfide) groups is 1. The molecule has 0 aliphatic carbocycles. The molecule has 2 N–H and O–H groups in total. The molecule has 0 unspecified atom stereocenters. The number of benzene rings is 3. The van der Waals surface area contributed by atoms with Gasteiger partial charge in [-0.2, -0.15) is 0 Å². The minimum Gasteiger partial charge on any atom is -0.326 e. The molecule has 36 heavy (non-hydrogen) atoms. The van der Waals surface area contributed by atoms with Crippen molar-refractivity contribution in [2.75, 3.05) is 16.4 Å². The van der Waals surface area contributed by atoms with Crippen molar-refractivity contribution in [2.24, 2.45) is 0 Å². The Labute approximate surface area is 210 Å². The second kappa shape index (κ2) is 9.67. The summed E-state index contributed by atoms with van der Waals surface area (Å²) in [7, 11) is 0. The Bertz CT molecular complexity index is 1690. The molecule has 5 aromatic rings. The number of anilines is 2. The summed E-state index contributed by atoms with van der Waals surface area (Å²) < 4.78 is 3.36. The maximum absolute atomic E-state index is 13.5. The number of fused-ring (bicyclic) bond motifs is 3. The Kier molecular flexibility index (Phi) is 6.26. The molecule has 10 heteroatoms. The number of carbonyl (C=O) groups is 2. The predicted octanol–water partition coefficient (Wildman–Crippen LogP) is 4.03. The highest BCUT2D eigenvalue weighted by Gasteiger charge is 2.19. The third-order valence-corrected chi connectivity index (χ3v) is 6.48. The van der Waals surface area contributed by atoms with Gasteiger partial charge in [0.1, 0.15) is 0 Å². The van der Waals surface area contributed by atoms with Crippen molar-refractivity contribution in [1.29, 1.82) is 0 Å². The summed E-state index contributed by atoms with van der Waals surface area (Å²) in [6.07, 6.45) is 0. The molecule has 0 bridgehead atoms. The van der Waals surface area contributed by atoms with E-state index in [2.05, 4.69) is 20.8 Å². The molecule has 180 valence electrons. The number of nitrogens with one attached hydrogen (secondary N) is 2. The molecule has 0 fully saturated rings. The maximum Gasteiger partial charge on any atom is 0.267 e. The highest BCUT2D eigenvalue weighted by molar-refractivity contribution is 7.99. The number of amides is 2. The number of nitrogens with zero attached hydrogens (tertiary/aromatic N) is 4. The zero-order valence-electron chi connectivity index (χ0n) is 19.6. The minimum absolute atomic E-state index is 0.0724. The van der Waals surface area contributed by atoms with Crippen LogP contribution in [-0.2, 0) is 9.59 Å². The van der Waals surface area contributed by atoms with Crippen LogP contribution in [0.3, 0.4) is 0 Å². The molecule has 2 heterocycles. The minimum atomic E-state index is -0.242. The number of hydrogen-bond donors (Lipinski definition) is 2. The first-order valence-electron chi connectivity index (χ1n) is 11.2. The Hall–Kier alpha value is -4.44. The number of aryl methyl sites for hydroxylation is 1. The molecule has 0 atom stereocenters. The van der Waals surface area contributed by atoms with E-state index < -0.39 is 0 Å². The van der Waals surface area contributed by atoms with Gasteiger partial charge in [0.25, 0.3) is 5.56 Å². The molecule has 0 aliphatic rings. The summed E-state index contributed by atoms with van der Waals surface area (Å²) in [5, 5.41) is 15.2. The summed E-state index contributed by atoms with van der Waals surface area (Å²) in [6.45, 7) is 3.36. The van der Waals surface area contributed by atoms with Crippen molar-refractivity contribution in [1.82, 2.24) is 19.2 Å². The molecule has 0 spiro atoms. The van der Waals surface area contributed by atoms with Gasteiger partial charge in [-0.05, 0) is 48.9 Å². The van der Waals surface area contributed by atoms with Crippen LogP contribution < -0.4 is 16.2 Å². The second-order valence-corrected chi connectivity index (χ2v) is 9.10. The number of para-hydroxylation sites is 2. The largest absolute Gasteiger partial charge is 0.326 e.